The summed E-state index contributed by atoms with van der Waals surface area (Å²) in [6, 6.07) is 4.80. The lowest BCUT2D eigenvalue weighted by atomic mass is 9.87. The van der Waals surface area contributed by atoms with Crippen molar-refractivity contribution in [3.05, 3.63) is 35.6 Å². The number of carbonyl (C=O) groups is 3. The number of halogens is 1. The third-order valence-corrected chi connectivity index (χ3v) is 4.47. The number of hydrogen-bond acceptors (Lipinski definition) is 3. The van der Waals surface area contributed by atoms with Crippen molar-refractivity contribution in [2.75, 3.05) is 6.54 Å². The molecule has 0 spiro atoms. The van der Waals surface area contributed by atoms with Crippen LogP contribution in [0.15, 0.2) is 24.3 Å². The summed E-state index contributed by atoms with van der Waals surface area (Å²) in [5.41, 5.74) is -0.767. The third kappa shape index (κ3) is 3.81. The Morgan fingerprint density at radius 3 is 2.48 bits per heavy atom. The van der Waals surface area contributed by atoms with E-state index in [1.165, 1.54) is 24.3 Å². The zero-order chi connectivity index (χ0) is 18.6. The smallest absolute Gasteiger partial charge is 0.325 e. The number of urea groups is 1. The van der Waals surface area contributed by atoms with Crippen molar-refractivity contribution in [3.8, 4) is 0 Å². The molecule has 0 aliphatic carbocycles. The Morgan fingerprint density at radius 1 is 1.28 bits per heavy atom. The quantitative estimate of drug-likeness (QED) is 0.742. The van der Waals surface area contributed by atoms with E-state index >= 15 is 0 Å². The molecular formula is C18H24FN3O3. The molecule has 1 aromatic rings. The fourth-order valence-corrected chi connectivity index (χ4v) is 3.11. The summed E-state index contributed by atoms with van der Waals surface area (Å²) in [4.78, 5) is 38.2. The predicted molar refractivity (Wildman–Crippen MR) is 91.1 cm³/mol. The average Bonchev–Trinajstić information content (AvgIpc) is 2.80. The van der Waals surface area contributed by atoms with Crippen LogP contribution in [0.2, 0.25) is 0 Å². The number of nitrogens with one attached hydrogen (secondary N) is 2. The molecule has 0 bridgehead atoms. The van der Waals surface area contributed by atoms with Crippen LogP contribution in [0.5, 0.6) is 0 Å². The van der Waals surface area contributed by atoms with E-state index in [0.29, 0.717) is 12.0 Å². The topological polar surface area (TPSA) is 78.5 Å². The van der Waals surface area contributed by atoms with Crippen molar-refractivity contribution in [1.29, 1.82) is 0 Å². The molecule has 1 aliphatic heterocycles. The Morgan fingerprint density at radius 2 is 1.92 bits per heavy atom. The van der Waals surface area contributed by atoms with Gasteiger partial charge in [0.1, 0.15) is 17.9 Å². The van der Waals surface area contributed by atoms with E-state index in [2.05, 4.69) is 10.6 Å². The predicted octanol–water partition coefficient (Wildman–Crippen LogP) is 2.29. The van der Waals surface area contributed by atoms with E-state index < -0.39 is 23.3 Å². The van der Waals surface area contributed by atoms with Gasteiger partial charge in [-0.3, -0.25) is 14.5 Å². The van der Waals surface area contributed by atoms with Crippen LogP contribution < -0.4 is 10.6 Å². The zero-order valence-electron chi connectivity index (χ0n) is 14.8. The molecule has 7 heteroatoms. The summed E-state index contributed by atoms with van der Waals surface area (Å²) < 4.78 is 13.2. The molecule has 25 heavy (non-hydrogen) atoms. The summed E-state index contributed by atoms with van der Waals surface area (Å²) in [5.74, 6) is -1.30. The van der Waals surface area contributed by atoms with Gasteiger partial charge in [0.25, 0.3) is 5.91 Å². The fourth-order valence-electron chi connectivity index (χ4n) is 3.11. The van der Waals surface area contributed by atoms with Crippen LogP contribution >= 0.6 is 0 Å². The minimum Gasteiger partial charge on any atom is -0.352 e. The fraction of sp³-hybridized carbons (Fsp3) is 0.500. The van der Waals surface area contributed by atoms with E-state index in [1.54, 1.807) is 6.92 Å². The van der Waals surface area contributed by atoms with E-state index in [-0.39, 0.29) is 18.5 Å². The zero-order valence-corrected chi connectivity index (χ0v) is 14.8. The van der Waals surface area contributed by atoms with Crippen molar-refractivity contribution in [1.82, 2.24) is 15.5 Å². The van der Waals surface area contributed by atoms with Crippen LogP contribution in [0.25, 0.3) is 0 Å². The third-order valence-electron chi connectivity index (χ3n) is 4.47. The molecule has 2 N–H and O–H groups in total. The molecular weight excluding hydrogens is 325 g/mol. The Hall–Kier alpha value is -2.44. The van der Waals surface area contributed by atoms with Gasteiger partial charge in [0.2, 0.25) is 5.91 Å². The molecule has 6 nitrogen and oxygen atoms in total. The molecule has 0 aromatic heterocycles. The highest BCUT2D eigenvalue weighted by Gasteiger charge is 2.51. The first-order valence-electron chi connectivity index (χ1n) is 8.53. The molecule has 1 fully saturated rings. The van der Waals surface area contributed by atoms with E-state index in [1.807, 2.05) is 13.8 Å². The number of hydrogen-bond donors (Lipinski definition) is 2. The number of benzene rings is 1. The molecule has 1 saturated heterocycles. The minimum atomic E-state index is -1.26. The number of amides is 4. The van der Waals surface area contributed by atoms with Crippen molar-refractivity contribution in [3.63, 3.8) is 0 Å². The SMILES string of the molecule is CCC[C@@H](C)NC(=O)CN1C(=O)N[C@](CC)(c2ccc(F)cc2)C1=O. The van der Waals surface area contributed by atoms with Crippen molar-refractivity contribution >= 4 is 17.8 Å². The Balaban J connectivity index is 2.17. The standard InChI is InChI=1S/C18H24FN3O3/c1-4-6-12(3)20-15(23)11-22-16(24)18(5-2,21-17(22)25)13-7-9-14(19)10-8-13/h7-10,12H,4-6,11H2,1-3H3,(H,20,23)(H,21,25)/t12-,18-/m1/s1. The van der Waals surface area contributed by atoms with Gasteiger partial charge in [-0.25, -0.2) is 9.18 Å². The second-order valence-electron chi connectivity index (χ2n) is 6.34. The van der Waals surface area contributed by atoms with Gasteiger partial charge in [-0.1, -0.05) is 32.4 Å². The lowest BCUT2D eigenvalue weighted by Gasteiger charge is -2.25. The van der Waals surface area contributed by atoms with Gasteiger partial charge in [0.05, 0.1) is 0 Å². The summed E-state index contributed by atoms with van der Waals surface area (Å²) >= 11 is 0. The number of carbonyl (C=O) groups excluding carboxylic acids is 3. The van der Waals surface area contributed by atoms with Gasteiger partial charge < -0.3 is 10.6 Å². The first-order chi connectivity index (χ1) is 11.8. The van der Waals surface area contributed by atoms with Gasteiger partial charge in [0.15, 0.2) is 0 Å². The monoisotopic (exact) mass is 349 g/mol. The Kier molecular flexibility index (Phi) is 5.77. The van der Waals surface area contributed by atoms with Gasteiger partial charge in [-0.2, -0.15) is 0 Å². The maximum atomic E-state index is 13.2. The Labute approximate surface area is 146 Å². The van der Waals surface area contributed by atoms with Crippen LogP contribution in [0, 0.1) is 5.82 Å². The number of imide groups is 1. The van der Waals surface area contributed by atoms with Crippen molar-refractivity contribution in [2.45, 2.75) is 51.6 Å². The molecule has 1 heterocycles. The summed E-state index contributed by atoms with van der Waals surface area (Å²) in [7, 11) is 0. The normalized spacial score (nSPS) is 21.2. The summed E-state index contributed by atoms with van der Waals surface area (Å²) in [5, 5.41) is 5.45. The first kappa shape index (κ1) is 18.9. The first-order valence-corrected chi connectivity index (χ1v) is 8.53. The number of nitrogens with zero attached hydrogens (tertiary/aromatic N) is 1. The maximum Gasteiger partial charge on any atom is 0.325 e. The van der Waals surface area contributed by atoms with Gasteiger partial charge in [-0.15, -0.1) is 0 Å². The van der Waals surface area contributed by atoms with Gasteiger partial charge in [0, 0.05) is 6.04 Å². The molecule has 1 aromatic carbocycles. The van der Waals surface area contributed by atoms with Crippen LogP contribution in [0.3, 0.4) is 0 Å². The van der Waals surface area contributed by atoms with E-state index in [4.69, 9.17) is 0 Å². The lowest BCUT2D eigenvalue weighted by molar-refractivity contribution is -0.135. The largest absolute Gasteiger partial charge is 0.352 e. The molecule has 0 saturated carbocycles. The molecule has 2 rings (SSSR count). The molecule has 2 atom stereocenters. The average molecular weight is 349 g/mol. The van der Waals surface area contributed by atoms with E-state index in [0.717, 1.165) is 17.7 Å². The Bertz CT molecular complexity index is 662. The molecule has 1 aliphatic rings. The maximum absolute atomic E-state index is 13.2. The van der Waals surface area contributed by atoms with Crippen molar-refractivity contribution in [2.24, 2.45) is 0 Å². The molecule has 0 unspecified atom stereocenters. The van der Waals surface area contributed by atoms with E-state index in [9.17, 15) is 18.8 Å². The minimum absolute atomic E-state index is 0.0219. The molecule has 136 valence electrons. The second-order valence-corrected chi connectivity index (χ2v) is 6.34. The van der Waals surface area contributed by atoms with Crippen LogP contribution in [0.1, 0.15) is 45.6 Å². The van der Waals surface area contributed by atoms with Crippen molar-refractivity contribution < 1.29 is 18.8 Å². The van der Waals surface area contributed by atoms with Gasteiger partial charge in [-0.05, 0) is 37.5 Å². The van der Waals surface area contributed by atoms with Crippen LogP contribution in [-0.4, -0.2) is 35.3 Å². The number of rotatable bonds is 7. The highest BCUT2D eigenvalue weighted by molar-refractivity contribution is 6.09. The molecule has 4 amide bonds. The summed E-state index contributed by atoms with van der Waals surface area (Å²) in [6.45, 7) is 5.32. The summed E-state index contributed by atoms with van der Waals surface area (Å²) in [6.07, 6.45) is 2.04. The molecule has 0 radical (unpaired) electrons. The van der Waals surface area contributed by atoms with Crippen LogP contribution in [-0.2, 0) is 15.1 Å². The lowest BCUT2D eigenvalue weighted by Crippen LogP contribution is -2.45. The van der Waals surface area contributed by atoms with Gasteiger partial charge >= 0.3 is 6.03 Å². The highest BCUT2D eigenvalue weighted by atomic mass is 19.1. The highest BCUT2D eigenvalue weighted by Crippen LogP contribution is 2.32. The van der Waals surface area contributed by atoms with Crippen LogP contribution in [0.4, 0.5) is 9.18 Å². The second kappa shape index (κ2) is 7.63.